The molecule has 1 aliphatic heterocycles. The molecule has 0 unspecified atom stereocenters. The van der Waals surface area contributed by atoms with Crippen molar-refractivity contribution in [3.8, 4) is 0 Å². The minimum Gasteiger partial charge on any atom is -0.452 e. The van der Waals surface area contributed by atoms with Crippen LogP contribution in [0.15, 0.2) is 121 Å². The van der Waals surface area contributed by atoms with Gasteiger partial charge in [0.2, 0.25) is 12.4 Å². The van der Waals surface area contributed by atoms with E-state index in [4.69, 9.17) is 23.7 Å². The highest BCUT2D eigenvalue weighted by atomic mass is 16.7. The van der Waals surface area contributed by atoms with Crippen LogP contribution in [0.25, 0.3) is 0 Å². The SMILES string of the molecule is O=C(O[C@@H]1O[C@H](CO)[C@H](OC(=O)c2ccccc2)[C@H](OC(=O)c2ccccc2)[C@H]1OC(=O)c1ccccc1)c1ccccc1. The number of ether oxygens (including phenoxy) is 5. The molecule has 0 aliphatic carbocycles. The summed E-state index contributed by atoms with van der Waals surface area (Å²) in [6.07, 6.45) is -7.72. The molecule has 4 aromatic rings. The molecular weight excluding hydrogens is 568 g/mol. The molecule has 5 rings (SSSR count). The average Bonchev–Trinajstić information content (AvgIpc) is 3.08. The zero-order valence-corrected chi connectivity index (χ0v) is 23.3. The Labute approximate surface area is 252 Å². The summed E-state index contributed by atoms with van der Waals surface area (Å²) in [7, 11) is 0. The van der Waals surface area contributed by atoms with Gasteiger partial charge in [-0.2, -0.15) is 0 Å². The molecule has 224 valence electrons. The number of carbonyl (C=O) groups excluding carboxylic acids is 4. The van der Waals surface area contributed by atoms with E-state index < -0.39 is 61.2 Å². The molecule has 1 saturated heterocycles. The van der Waals surface area contributed by atoms with Crippen LogP contribution in [-0.4, -0.2) is 66.3 Å². The van der Waals surface area contributed by atoms with Gasteiger partial charge in [0, 0.05) is 0 Å². The highest BCUT2D eigenvalue weighted by Gasteiger charge is 2.54. The summed E-state index contributed by atoms with van der Waals surface area (Å²) in [5.74, 6) is -3.34. The minimum absolute atomic E-state index is 0.149. The van der Waals surface area contributed by atoms with Crippen molar-refractivity contribution in [2.24, 2.45) is 0 Å². The quantitative estimate of drug-likeness (QED) is 0.221. The number of carbonyl (C=O) groups is 4. The molecule has 1 aliphatic rings. The van der Waals surface area contributed by atoms with Gasteiger partial charge in [0.15, 0.2) is 12.2 Å². The van der Waals surface area contributed by atoms with Crippen molar-refractivity contribution in [3.05, 3.63) is 144 Å². The van der Waals surface area contributed by atoms with Gasteiger partial charge in [0.25, 0.3) is 0 Å². The summed E-state index contributed by atoms with van der Waals surface area (Å²) in [4.78, 5) is 52.9. The summed E-state index contributed by atoms with van der Waals surface area (Å²) in [5, 5.41) is 10.3. The normalized spacial score (nSPS) is 21.0. The van der Waals surface area contributed by atoms with Crippen molar-refractivity contribution in [2.75, 3.05) is 6.61 Å². The molecule has 1 fully saturated rings. The number of aliphatic hydroxyl groups is 1. The Kier molecular flexibility index (Phi) is 9.75. The van der Waals surface area contributed by atoms with Crippen molar-refractivity contribution < 1.29 is 48.0 Å². The Morgan fingerprint density at radius 3 is 1.16 bits per heavy atom. The van der Waals surface area contributed by atoms with Gasteiger partial charge in [-0.15, -0.1) is 0 Å². The third kappa shape index (κ3) is 7.17. The molecule has 44 heavy (non-hydrogen) atoms. The van der Waals surface area contributed by atoms with Crippen LogP contribution in [0.2, 0.25) is 0 Å². The molecule has 0 spiro atoms. The first-order valence-corrected chi connectivity index (χ1v) is 13.7. The lowest BCUT2D eigenvalue weighted by molar-refractivity contribution is -0.283. The fraction of sp³-hybridized carbons (Fsp3) is 0.176. The van der Waals surface area contributed by atoms with Crippen LogP contribution in [0.3, 0.4) is 0 Å². The van der Waals surface area contributed by atoms with Crippen LogP contribution < -0.4 is 0 Å². The molecule has 0 radical (unpaired) electrons. The van der Waals surface area contributed by atoms with Gasteiger partial charge in [-0.3, -0.25) is 0 Å². The van der Waals surface area contributed by atoms with Crippen LogP contribution >= 0.6 is 0 Å². The van der Waals surface area contributed by atoms with Gasteiger partial charge in [0.05, 0.1) is 28.9 Å². The first-order chi connectivity index (χ1) is 21.4. The average molecular weight is 597 g/mol. The summed E-state index contributed by atoms with van der Waals surface area (Å²) in [5.41, 5.74) is 0.641. The molecular formula is C34H28O10. The van der Waals surface area contributed by atoms with Crippen molar-refractivity contribution in [1.29, 1.82) is 0 Å². The maximum Gasteiger partial charge on any atom is 0.340 e. The second kappa shape index (κ2) is 14.2. The van der Waals surface area contributed by atoms with Crippen molar-refractivity contribution >= 4 is 23.9 Å². The van der Waals surface area contributed by atoms with Gasteiger partial charge in [0.1, 0.15) is 6.10 Å². The molecule has 5 atom stereocenters. The Hall–Kier alpha value is -5.32. The van der Waals surface area contributed by atoms with E-state index in [1.165, 1.54) is 48.5 Å². The van der Waals surface area contributed by atoms with Crippen molar-refractivity contribution in [2.45, 2.75) is 30.7 Å². The van der Waals surface area contributed by atoms with E-state index >= 15 is 0 Å². The molecule has 0 aromatic heterocycles. The van der Waals surface area contributed by atoms with E-state index in [0.29, 0.717) is 0 Å². The molecule has 10 heteroatoms. The van der Waals surface area contributed by atoms with E-state index in [0.717, 1.165) is 0 Å². The summed E-state index contributed by atoms with van der Waals surface area (Å²) in [6, 6.07) is 32.0. The molecule has 4 aromatic carbocycles. The lowest BCUT2D eigenvalue weighted by atomic mass is 9.97. The van der Waals surface area contributed by atoms with Gasteiger partial charge >= 0.3 is 23.9 Å². The number of rotatable bonds is 9. The second-order valence-electron chi connectivity index (χ2n) is 9.70. The Bertz CT molecular complexity index is 1560. The zero-order chi connectivity index (χ0) is 30.9. The van der Waals surface area contributed by atoms with Crippen molar-refractivity contribution in [3.63, 3.8) is 0 Å². The maximum absolute atomic E-state index is 13.3. The maximum atomic E-state index is 13.3. The lowest BCUT2D eigenvalue weighted by Gasteiger charge is -2.43. The van der Waals surface area contributed by atoms with Gasteiger partial charge in [-0.25, -0.2) is 19.2 Å². The summed E-state index contributed by atoms with van der Waals surface area (Å²) in [6.45, 7) is -0.731. The van der Waals surface area contributed by atoms with Gasteiger partial charge in [-0.1, -0.05) is 72.8 Å². The first kappa shape index (κ1) is 30.1. The molecule has 10 nitrogen and oxygen atoms in total. The Morgan fingerprint density at radius 2 is 0.795 bits per heavy atom. The number of esters is 4. The molecule has 1 N–H and O–H groups in total. The van der Waals surface area contributed by atoms with E-state index in [9.17, 15) is 24.3 Å². The number of benzene rings is 4. The standard InChI is InChI=1S/C34H28O10/c35-21-26-27(41-30(36)22-13-5-1-6-14-22)28(42-31(37)23-15-7-2-8-16-23)29(43-32(38)24-17-9-3-10-18-24)34(40-26)44-33(39)25-19-11-4-12-20-25/h1-20,26-29,34-35H,21H2/t26-,27+,28+,29-,34+/m1/s1. The number of hydrogen-bond donors (Lipinski definition) is 1. The highest BCUT2D eigenvalue weighted by molar-refractivity contribution is 5.92. The zero-order valence-electron chi connectivity index (χ0n) is 23.3. The largest absolute Gasteiger partial charge is 0.452 e. The predicted octanol–water partition coefficient (Wildman–Crippen LogP) is 4.24. The van der Waals surface area contributed by atoms with E-state index in [1.54, 1.807) is 72.8 Å². The van der Waals surface area contributed by atoms with Gasteiger partial charge in [-0.05, 0) is 48.5 Å². The lowest BCUT2D eigenvalue weighted by Crippen LogP contribution is -2.63. The van der Waals surface area contributed by atoms with Crippen molar-refractivity contribution in [1.82, 2.24) is 0 Å². The highest BCUT2D eigenvalue weighted by Crippen LogP contribution is 2.31. The number of aliphatic hydroxyl groups excluding tert-OH is 1. The van der Waals surface area contributed by atoms with E-state index in [2.05, 4.69) is 0 Å². The van der Waals surface area contributed by atoms with Gasteiger partial charge < -0.3 is 28.8 Å². The third-order valence-electron chi connectivity index (χ3n) is 6.76. The van der Waals surface area contributed by atoms with Crippen LogP contribution in [0.1, 0.15) is 41.4 Å². The monoisotopic (exact) mass is 596 g/mol. The Balaban J connectivity index is 1.54. The molecule has 0 saturated carbocycles. The molecule has 0 amide bonds. The molecule has 0 bridgehead atoms. The minimum atomic E-state index is -1.67. The van der Waals surface area contributed by atoms with Crippen LogP contribution in [0.4, 0.5) is 0 Å². The predicted molar refractivity (Wildman–Crippen MR) is 155 cm³/mol. The van der Waals surface area contributed by atoms with E-state index in [1.807, 2.05) is 0 Å². The topological polar surface area (TPSA) is 135 Å². The molecule has 1 heterocycles. The Morgan fingerprint density at radius 1 is 0.477 bits per heavy atom. The first-order valence-electron chi connectivity index (χ1n) is 13.7. The van der Waals surface area contributed by atoms with Crippen LogP contribution in [0, 0.1) is 0 Å². The van der Waals surface area contributed by atoms with Crippen LogP contribution in [-0.2, 0) is 23.7 Å². The third-order valence-corrected chi connectivity index (χ3v) is 6.76. The summed E-state index contributed by atoms with van der Waals surface area (Å²) < 4.78 is 28.9. The van der Waals surface area contributed by atoms with Crippen LogP contribution in [0.5, 0.6) is 0 Å². The fourth-order valence-corrected chi connectivity index (χ4v) is 4.57. The smallest absolute Gasteiger partial charge is 0.340 e. The fourth-order valence-electron chi connectivity index (χ4n) is 4.57. The summed E-state index contributed by atoms with van der Waals surface area (Å²) >= 11 is 0. The van der Waals surface area contributed by atoms with E-state index in [-0.39, 0.29) is 22.3 Å². The number of hydrogen-bond acceptors (Lipinski definition) is 10. The second-order valence-corrected chi connectivity index (χ2v) is 9.70.